The highest BCUT2D eigenvalue weighted by molar-refractivity contribution is 7.13. The van der Waals surface area contributed by atoms with Gasteiger partial charge in [-0.25, -0.2) is 14.6 Å². The summed E-state index contributed by atoms with van der Waals surface area (Å²) in [6, 6.07) is 8.41. The zero-order valence-electron chi connectivity index (χ0n) is 18.8. The maximum atomic E-state index is 12.4. The first-order chi connectivity index (χ1) is 16.6. The lowest BCUT2D eigenvalue weighted by molar-refractivity contribution is 0.0366. The lowest BCUT2D eigenvalue weighted by atomic mass is 10.0. The number of carbonyl (C=O) groups excluding carboxylic acids is 2. The van der Waals surface area contributed by atoms with Gasteiger partial charge in [-0.05, 0) is 24.6 Å². The molecule has 178 valence electrons. The summed E-state index contributed by atoms with van der Waals surface area (Å²) in [4.78, 5) is 38.6. The molecule has 0 saturated carbocycles. The van der Waals surface area contributed by atoms with Gasteiger partial charge >= 0.3 is 12.1 Å². The summed E-state index contributed by atoms with van der Waals surface area (Å²) in [6.07, 6.45) is 4.98. The van der Waals surface area contributed by atoms with E-state index in [4.69, 9.17) is 9.47 Å². The topological polar surface area (TPSA) is 119 Å². The molecule has 0 atom stereocenters. The van der Waals surface area contributed by atoms with E-state index in [9.17, 15) is 9.59 Å². The third-order valence-electron chi connectivity index (χ3n) is 5.04. The number of aromatic nitrogens is 3. The third-order valence-corrected chi connectivity index (χ3v) is 5.94. The van der Waals surface area contributed by atoms with E-state index in [1.165, 1.54) is 11.3 Å². The SMILES string of the molecule is CCCCOC(=O)N1CC(COc2cccc(NC(=O)Nc3csc(-c4ccncc4)n3)n2)C1. The summed E-state index contributed by atoms with van der Waals surface area (Å²) in [7, 11) is 0. The number of pyridine rings is 2. The summed E-state index contributed by atoms with van der Waals surface area (Å²) in [5.41, 5.74) is 0.933. The molecule has 11 heteroatoms. The molecule has 1 saturated heterocycles. The number of ether oxygens (including phenoxy) is 2. The molecule has 0 spiro atoms. The largest absolute Gasteiger partial charge is 0.477 e. The maximum absolute atomic E-state index is 12.4. The summed E-state index contributed by atoms with van der Waals surface area (Å²) >= 11 is 1.43. The van der Waals surface area contributed by atoms with E-state index in [1.807, 2.05) is 12.1 Å². The number of nitrogens with one attached hydrogen (secondary N) is 2. The fraction of sp³-hybridized carbons (Fsp3) is 0.348. The van der Waals surface area contributed by atoms with Crippen LogP contribution in [0.3, 0.4) is 0 Å². The third kappa shape index (κ3) is 6.41. The molecule has 2 N–H and O–H groups in total. The first kappa shape index (κ1) is 23.4. The van der Waals surface area contributed by atoms with E-state index >= 15 is 0 Å². The van der Waals surface area contributed by atoms with E-state index < -0.39 is 6.03 Å². The molecule has 3 amide bonds. The van der Waals surface area contributed by atoms with Crippen LogP contribution in [0.5, 0.6) is 5.88 Å². The van der Waals surface area contributed by atoms with Crippen LogP contribution in [0.4, 0.5) is 21.2 Å². The number of amides is 3. The Balaban J connectivity index is 1.21. The Morgan fingerprint density at radius 2 is 1.91 bits per heavy atom. The van der Waals surface area contributed by atoms with Crippen molar-refractivity contribution >= 4 is 35.1 Å². The number of thiazole rings is 1. The van der Waals surface area contributed by atoms with Gasteiger partial charge in [0.2, 0.25) is 5.88 Å². The first-order valence-corrected chi connectivity index (χ1v) is 11.9. The van der Waals surface area contributed by atoms with Gasteiger partial charge in [0.05, 0.1) is 13.2 Å². The zero-order valence-corrected chi connectivity index (χ0v) is 19.6. The van der Waals surface area contributed by atoms with Gasteiger partial charge in [-0.2, -0.15) is 4.98 Å². The Hall–Kier alpha value is -3.73. The quantitative estimate of drug-likeness (QED) is 0.431. The van der Waals surface area contributed by atoms with Crippen LogP contribution in [0.25, 0.3) is 10.6 Å². The van der Waals surface area contributed by atoms with Crippen LogP contribution in [0.2, 0.25) is 0 Å². The molecule has 10 nitrogen and oxygen atoms in total. The first-order valence-electron chi connectivity index (χ1n) is 11.1. The molecule has 3 aromatic heterocycles. The van der Waals surface area contributed by atoms with Gasteiger partial charge in [-0.1, -0.05) is 19.4 Å². The monoisotopic (exact) mass is 482 g/mol. The number of carbonyl (C=O) groups is 2. The maximum Gasteiger partial charge on any atom is 0.409 e. The number of anilines is 2. The van der Waals surface area contributed by atoms with Gasteiger partial charge in [0, 0.05) is 48.4 Å². The van der Waals surface area contributed by atoms with Gasteiger partial charge in [-0.3, -0.25) is 15.6 Å². The van der Waals surface area contributed by atoms with Crippen molar-refractivity contribution < 1.29 is 19.1 Å². The predicted molar refractivity (Wildman–Crippen MR) is 129 cm³/mol. The number of hydrogen-bond donors (Lipinski definition) is 2. The molecule has 1 aliphatic heterocycles. The van der Waals surface area contributed by atoms with Crippen molar-refractivity contribution in [3.63, 3.8) is 0 Å². The molecule has 0 aromatic carbocycles. The van der Waals surface area contributed by atoms with E-state index in [1.54, 1.807) is 40.9 Å². The molecule has 0 aliphatic carbocycles. The average Bonchev–Trinajstić information content (AvgIpc) is 3.27. The van der Waals surface area contributed by atoms with Gasteiger partial charge < -0.3 is 14.4 Å². The molecule has 0 bridgehead atoms. The number of hydrogen-bond acceptors (Lipinski definition) is 8. The Labute approximate surface area is 201 Å². The fourth-order valence-corrected chi connectivity index (χ4v) is 3.97. The molecule has 4 rings (SSSR count). The summed E-state index contributed by atoms with van der Waals surface area (Å²) < 4.78 is 10.9. The minimum Gasteiger partial charge on any atom is -0.477 e. The number of urea groups is 1. The highest BCUT2D eigenvalue weighted by atomic mass is 32.1. The van der Waals surface area contributed by atoms with Crippen molar-refractivity contribution in [2.75, 3.05) is 36.9 Å². The van der Waals surface area contributed by atoms with Gasteiger partial charge in [0.15, 0.2) is 0 Å². The molecule has 0 radical (unpaired) electrons. The highest BCUT2D eigenvalue weighted by Gasteiger charge is 2.32. The van der Waals surface area contributed by atoms with E-state index in [-0.39, 0.29) is 12.0 Å². The molecule has 34 heavy (non-hydrogen) atoms. The van der Waals surface area contributed by atoms with Crippen LogP contribution in [-0.4, -0.2) is 58.3 Å². The number of likely N-dealkylation sites (tertiary alicyclic amines) is 1. The van der Waals surface area contributed by atoms with Crippen LogP contribution in [0.15, 0.2) is 48.1 Å². The molecule has 4 heterocycles. The minimum absolute atomic E-state index is 0.222. The van der Waals surface area contributed by atoms with Crippen LogP contribution in [-0.2, 0) is 4.74 Å². The summed E-state index contributed by atoms with van der Waals surface area (Å²) in [5.74, 6) is 1.42. The van der Waals surface area contributed by atoms with Gasteiger partial charge in [0.25, 0.3) is 0 Å². The zero-order chi connectivity index (χ0) is 23.8. The molecule has 1 aliphatic rings. The van der Waals surface area contributed by atoms with Crippen LogP contribution >= 0.6 is 11.3 Å². The predicted octanol–water partition coefficient (Wildman–Crippen LogP) is 4.49. The fourth-order valence-electron chi connectivity index (χ4n) is 3.21. The second-order valence-corrected chi connectivity index (χ2v) is 8.62. The van der Waals surface area contributed by atoms with Crippen molar-refractivity contribution in [3.05, 3.63) is 48.1 Å². The van der Waals surface area contributed by atoms with Gasteiger partial charge in [0.1, 0.15) is 16.6 Å². The van der Waals surface area contributed by atoms with E-state index in [0.29, 0.717) is 43.8 Å². The lowest BCUT2D eigenvalue weighted by Crippen LogP contribution is -2.52. The Kier molecular flexibility index (Phi) is 7.87. The Morgan fingerprint density at radius 1 is 1.12 bits per heavy atom. The van der Waals surface area contributed by atoms with Crippen LogP contribution < -0.4 is 15.4 Å². The molecule has 3 aromatic rings. The van der Waals surface area contributed by atoms with Crippen molar-refractivity contribution in [2.24, 2.45) is 5.92 Å². The normalized spacial score (nSPS) is 13.1. The van der Waals surface area contributed by atoms with Gasteiger partial charge in [-0.15, -0.1) is 11.3 Å². The Bertz CT molecular complexity index is 1100. The van der Waals surface area contributed by atoms with Crippen LogP contribution in [0, 0.1) is 5.92 Å². The van der Waals surface area contributed by atoms with Crippen molar-refractivity contribution in [1.29, 1.82) is 0 Å². The smallest absolute Gasteiger partial charge is 0.409 e. The van der Waals surface area contributed by atoms with E-state index in [0.717, 1.165) is 23.4 Å². The highest BCUT2D eigenvalue weighted by Crippen LogP contribution is 2.25. The minimum atomic E-state index is -0.451. The lowest BCUT2D eigenvalue weighted by Gasteiger charge is -2.37. The summed E-state index contributed by atoms with van der Waals surface area (Å²) in [5, 5.41) is 7.95. The number of unbranched alkanes of at least 4 members (excludes halogenated alkanes) is 1. The standard InChI is InChI=1S/C23H26N6O4S/c1-2-3-11-32-23(31)29-12-16(13-29)14-33-20-6-4-5-18(25-20)27-22(30)28-19-15-34-21(26-19)17-7-9-24-10-8-17/h4-10,15-16H,2-3,11-14H2,1H3,(H2,25,27,28,30). The number of rotatable bonds is 9. The average molecular weight is 483 g/mol. The molecular weight excluding hydrogens is 456 g/mol. The second kappa shape index (κ2) is 11.4. The van der Waals surface area contributed by atoms with Crippen molar-refractivity contribution in [3.8, 4) is 16.5 Å². The summed E-state index contributed by atoms with van der Waals surface area (Å²) in [6.45, 7) is 4.13. The molecular formula is C23H26N6O4S. The van der Waals surface area contributed by atoms with E-state index in [2.05, 4.69) is 32.5 Å². The molecule has 1 fully saturated rings. The van der Waals surface area contributed by atoms with Crippen molar-refractivity contribution in [2.45, 2.75) is 19.8 Å². The second-order valence-electron chi connectivity index (χ2n) is 7.76. The number of nitrogens with zero attached hydrogens (tertiary/aromatic N) is 4. The molecule has 0 unspecified atom stereocenters. The Morgan fingerprint density at radius 3 is 2.71 bits per heavy atom. The van der Waals surface area contributed by atoms with Crippen molar-refractivity contribution in [1.82, 2.24) is 19.9 Å². The van der Waals surface area contributed by atoms with Crippen LogP contribution in [0.1, 0.15) is 19.8 Å².